The van der Waals surface area contributed by atoms with Crippen molar-refractivity contribution in [3.05, 3.63) is 35.1 Å². The van der Waals surface area contributed by atoms with Crippen LogP contribution in [0.1, 0.15) is 11.7 Å². The zero-order valence-electron chi connectivity index (χ0n) is 8.57. The van der Waals surface area contributed by atoms with Gasteiger partial charge in [-0.3, -0.25) is 5.10 Å². The Bertz CT molecular complexity index is 504. The van der Waals surface area contributed by atoms with Gasteiger partial charge in [0, 0.05) is 29.6 Å². The van der Waals surface area contributed by atoms with E-state index in [0.29, 0.717) is 16.8 Å². The SMILES string of the molecule is Clc1cccc(-c2n[nH]c(C3CNC3)n2)c1. The lowest BCUT2D eigenvalue weighted by Gasteiger charge is -2.24. The van der Waals surface area contributed by atoms with Crippen LogP contribution in [0, 0.1) is 0 Å². The molecule has 5 heteroatoms. The third-order valence-corrected chi connectivity index (χ3v) is 2.99. The van der Waals surface area contributed by atoms with Crippen LogP contribution in [0.2, 0.25) is 5.02 Å². The molecular formula is C11H11ClN4. The second-order valence-electron chi connectivity index (χ2n) is 3.91. The van der Waals surface area contributed by atoms with Crippen LogP contribution in [-0.4, -0.2) is 28.3 Å². The lowest BCUT2D eigenvalue weighted by Crippen LogP contribution is -2.40. The number of H-pyrrole nitrogens is 1. The van der Waals surface area contributed by atoms with Crippen molar-refractivity contribution >= 4 is 11.6 Å². The average Bonchev–Trinajstić information content (AvgIpc) is 2.64. The van der Waals surface area contributed by atoms with Crippen LogP contribution >= 0.6 is 11.6 Å². The van der Waals surface area contributed by atoms with Crippen LogP contribution in [0.15, 0.2) is 24.3 Å². The number of hydrogen-bond donors (Lipinski definition) is 2. The maximum atomic E-state index is 5.93. The first-order valence-corrected chi connectivity index (χ1v) is 5.60. The van der Waals surface area contributed by atoms with Gasteiger partial charge in [-0.15, -0.1) is 0 Å². The molecule has 0 aliphatic carbocycles. The zero-order valence-corrected chi connectivity index (χ0v) is 9.33. The molecule has 1 aromatic heterocycles. The normalized spacial score (nSPS) is 16.1. The maximum absolute atomic E-state index is 5.93. The van der Waals surface area contributed by atoms with Gasteiger partial charge in [-0.2, -0.15) is 5.10 Å². The molecule has 1 aromatic carbocycles. The molecule has 2 N–H and O–H groups in total. The molecular weight excluding hydrogens is 224 g/mol. The summed E-state index contributed by atoms with van der Waals surface area (Å²) in [7, 11) is 0. The molecule has 16 heavy (non-hydrogen) atoms. The van der Waals surface area contributed by atoms with E-state index in [-0.39, 0.29) is 0 Å². The highest BCUT2D eigenvalue weighted by atomic mass is 35.5. The van der Waals surface area contributed by atoms with E-state index in [2.05, 4.69) is 20.5 Å². The van der Waals surface area contributed by atoms with Crippen molar-refractivity contribution in [2.45, 2.75) is 5.92 Å². The number of aromatic amines is 1. The number of hydrogen-bond acceptors (Lipinski definition) is 3. The monoisotopic (exact) mass is 234 g/mol. The molecule has 0 unspecified atom stereocenters. The molecule has 2 aromatic rings. The maximum Gasteiger partial charge on any atom is 0.181 e. The summed E-state index contributed by atoms with van der Waals surface area (Å²) in [6, 6.07) is 7.57. The highest BCUT2D eigenvalue weighted by Crippen LogP contribution is 2.22. The Morgan fingerprint density at radius 1 is 1.31 bits per heavy atom. The summed E-state index contributed by atoms with van der Waals surface area (Å²) >= 11 is 5.93. The summed E-state index contributed by atoms with van der Waals surface area (Å²) in [5.74, 6) is 2.14. The lowest BCUT2D eigenvalue weighted by atomic mass is 10.0. The van der Waals surface area contributed by atoms with E-state index < -0.39 is 0 Å². The van der Waals surface area contributed by atoms with Gasteiger partial charge in [-0.1, -0.05) is 23.7 Å². The number of aromatic nitrogens is 3. The molecule has 0 spiro atoms. The first kappa shape index (κ1) is 9.81. The molecule has 2 heterocycles. The van der Waals surface area contributed by atoms with Crippen molar-refractivity contribution in [3.8, 4) is 11.4 Å². The molecule has 0 bridgehead atoms. The molecule has 1 saturated heterocycles. The molecule has 4 nitrogen and oxygen atoms in total. The molecule has 1 fully saturated rings. The number of halogens is 1. The highest BCUT2D eigenvalue weighted by Gasteiger charge is 2.22. The van der Waals surface area contributed by atoms with Crippen molar-refractivity contribution in [2.75, 3.05) is 13.1 Å². The fourth-order valence-electron chi connectivity index (χ4n) is 1.70. The van der Waals surface area contributed by atoms with Gasteiger partial charge in [0.2, 0.25) is 0 Å². The summed E-state index contributed by atoms with van der Waals surface area (Å²) in [5.41, 5.74) is 0.947. The molecule has 0 radical (unpaired) electrons. The van der Waals surface area contributed by atoms with Crippen molar-refractivity contribution in [1.29, 1.82) is 0 Å². The minimum absolute atomic E-state index is 0.473. The van der Waals surface area contributed by atoms with Crippen LogP contribution in [0.5, 0.6) is 0 Å². The molecule has 1 aliphatic heterocycles. The minimum Gasteiger partial charge on any atom is -0.315 e. The average molecular weight is 235 g/mol. The van der Waals surface area contributed by atoms with Gasteiger partial charge < -0.3 is 5.32 Å². The Balaban J connectivity index is 1.91. The number of nitrogens with one attached hydrogen (secondary N) is 2. The number of nitrogens with zero attached hydrogens (tertiary/aromatic N) is 2. The number of rotatable bonds is 2. The van der Waals surface area contributed by atoms with Crippen LogP contribution < -0.4 is 5.32 Å². The molecule has 3 rings (SSSR count). The zero-order chi connectivity index (χ0) is 11.0. The van der Waals surface area contributed by atoms with E-state index in [1.54, 1.807) is 0 Å². The van der Waals surface area contributed by atoms with Crippen molar-refractivity contribution in [2.24, 2.45) is 0 Å². The van der Waals surface area contributed by atoms with Crippen molar-refractivity contribution in [3.63, 3.8) is 0 Å². The molecule has 82 valence electrons. The topological polar surface area (TPSA) is 53.6 Å². The largest absolute Gasteiger partial charge is 0.315 e. The summed E-state index contributed by atoms with van der Waals surface area (Å²) < 4.78 is 0. The van der Waals surface area contributed by atoms with Crippen LogP contribution in [0.3, 0.4) is 0 Å². The van der Waals surface area contributed by atoms with Gasteiger partial charge in [0.25, 0.3) is 0 Å². The first-order chi connectivity index (χ1) is 7.83. The van der Waals surface area contributed by atoms with Gasteiger partial charge in [0.1, 0.15) is 5.82 Å². The highest BCUT2D eigenvalue weighted by molar-refractivity contribution is 6.30. The van der Waals surface area contributed by atoms with Gasteiger partial charge >= 0.3 is 0 Å². The van der Waals surface area contributed by atoms with E-state index in [1.165, 1.54) is 0 Å². The van der Waals surface area contributed by atoms with Crippen LogP contribution in [-0.2, 0) is 0 Å². The standard InChI is InChI=1S/C11H11ClN4/c12-9-3-1-2-7(4-9)10-14-11(16-15-10)8-5-13-6-8/h1-4,8,13H,5-6H2,(H,14,15,16). The molecule has 0 atom stereocenters. The Hall–Kier alpha value is -1.39. The van der Waals surface area contributed by atoms with Crippen molar-refractivity contribution < 1.29 is 0 Å². The third kappa shape index (κ3) is 1.70. The Labute approximate surface area is 98.0 Å². The lowest BCUT2D eigenvalue weighted by molar-refractivity contribution is 0.431. The van der Waals surface area contributed by atoms with Crippen LogP contribution in [0.4, 0.5) is 0 Å². The predicted octanol–water partition coefficient (Wildman–Crippen LogP) is 1.81. The van der Waals surface area contributed by atoms with E-state index in [9.17, 15) is 0 Å². The molecule has 0 saturated carbocycles. The van der Waals surface area contributed by atoms with E-state index in [0.717, 1.165) is 24.5 Å². The Morgan fingerprint density at radius 3 is 2.88 bits per heavy atom. The van der Waals surface area contributed by atoms with Gasteiger partial charge in [-0.05, 0) is 12.1 Å². The smallest absolute Gasteiger partial charge is 0.181 e. The summed E-state index contributed by atoms with van der Waals surface area (Å²) in [5, 5.41) is 11.1. The predicted molar refractivity (Wildman–Crippen MR) is 62.4 cm³/mol. The fourth-order valence-corrected chi connectivity index (χ4v) is 1.89. The molecule has 1 aliphatic rings. The van der Waals surface area contributed by atoms with Crippen molar-refractivity contribution in [1.82, 2.24) is 20.5 Å². The van der Waals surface area contributed by atoms with E-state index in [1.807, 2.05) is 24.3 Å². The second-order valence-corrected chi connectivity index (χ2v) is 4.35. The minimum atomic E-state index is 0.473. The van der Waals surface area contributed by atoms with Gasteiger partial charge in [-0.25, -0.2) is 4.98 Å². The van der Waals surface area contributed by atoms with Gasteiger partial charge in [0.05, 0.1) is 0 Å². The third-order valence-electron chi connectivity index (χ3n) is 2.75. The first-order valence-electron chi connectivity index (χ1n) is 5.22. The summed E-state index contributed by atoms with van der Waals surface area (Å²) in [6.07, 6.45) is 0. The Morgan fingerprint density at radius 2 is 2.19 bits per heavy atom. The summed E-state index contributed by atoms with van der Waals surface area (Å²) in [4.78, 5) is 4.48. The Kier molecular flexibility index (Phi) is 2.38. The second kappa shape index (κ2) is 3.88. The quantitative estimate of drug-likeness (QED) is 0.833. The van der Waals surface area contributed by atoms with Gasteiger partial charge in [0.15, 0.2) is 5.82 Å². The fraction of sp³-hybridized carbons (Fsp3) is 0.273. The number of benzene rings is 1. The van der Waals surface area contributed by atoms with E-state index >= 15 is 0 Å². The van der Waals surface area contributed by atoms with Crippen LogP contribution in [0.25, 0.3) is 11.4 Å². The van der Waals surface area contributed by atoms with E-state index in [4.69, 9.17) is 11.6 Å². The molecule has 0 amide bonds. The summed E-state index contributed by atoms with van der Waals surface area (Å²) in [6.45, 7) is 1.95.